The van der Waals surface area contributed by atoms with Crippen LogP contribution in [0.1, 0.15) is 0 Å². The zero-order chi connectivity index (χ0) is 18.6. The molecule has 1 aliphatic heterocycles. The smallest absolute Gasteiger partial charge is 0.121 e. The number of aromatic nitrogens is 1. The number of nitrogens with one attached hydrogen (secondary N) is 1. The average Bonchev–Trinajstić information content (AvgIpc) is 3.07. The lowest BCUT2D eigenvalue weighted by atomic mass is 10.1. The predicted molar refractivity (Wildman–Crippen MR) is 106 cm³/mol. The molecule has 0 radical (unpaired) electrons. The number of hydrogen-bond acceptors (Lipinski definition) is 3. The number of aliphatic hydroxyl groups excluding tert-OH is 1. The Morgan fingerprint density at radius 3 is 2.59 bits per heavy atom. The highest BCUT2D eigenvalue weighted by Gasteiger charge is 2.20. The summed E-state index contributed by atoms with van der Waals surface area (Å²) in [6, 6.07) is 18.7. The fourth-order valence-corrected chi connectivity index (χ4v) is 3.88. The molecule has 27 heavy (non-hydrogen) atoms. The molecule has 1 fully saturated rings. The van der Waals surface area contributed by atoms with Crippen molar-refractivity contribution in [3.8, 4) is 17.0 Å². The Balaban J connectivity index is 1.63. The second-order valence-corrected chi connectivity index (χ2v) is 7.15. The molecule has 1 aromatic heterocycles. The molecule has 0 amide bonds. The topological polar surface area (TPSA) is 48.1 Å². The Morgan fingerprint density at radius 2 is 1.85 bits per heavy atom. The molecule has 5 heteroatoms. The van der Waals surface area contributed by atoms with Crippen molar-refractivity contribution in [3.63, 3.8) is 0 Å². The monoisotopic (exact) mass is 367 g/mol. The molecule has 1 aliphatic rings. The third-order valence-electron chi connectivity index (χ3n) is 5.31. The van der Waals surface area contributed by atoms with Crippen LogP contribution in [0.25, 0.3) is 22.2 Å². The average molecular weight is 367 g/mol. The van der Waals surface area contributed by atoms with Gasteiger partial charge >= 0.3 is 0 Å². The van der Waals surface area contributed by atoms with E-state index in [1.807, 2.05) is 12.1 Å². The molecule has 0 saturated carbocycles. The van der Waals surface area contributed by atoms with Gasteiger partial charge in [0, 0.05) is 16.6 Å². The molecule has 2 aromatic carbocycles. The molecule has 0 unspecified atom stereocenters. The number of morpholine rings is 1. The molecule has 0 spiro atoms. The van der Waals surface area contributed by atoms with Crippen LogP contribution in [0.15, 0.2) is 54.6 Å². The fourth-order valence-electron chi connectivity index (χ4n) is 3.88. The quantitative estimate of drug-likeness (QED) is 0.696. The van der Waals surface area contributed by atoms with E-state index in [0.29, 0.717) is 6.54 Å². The van der Waals surface area contributed by atoms with E-state index < -0.39 is 6.10 Å². The number of rotatable bonds is 6. The largest absolute Gasteiger partial charge is 0.497 e. The van der Waals surface area contributed by atoms with Crippen molar-refractivity contribution in [2.24, 2.45) is 0 Å². The van der Waals surface area contributed by atoms with Crippen LogP contribution in [0, 0.1) is 0 Å². The van der Waals surface area contributed by atoms with Gasteiger partial charge in [-0.15, -0.1) is 0 Å². The third-order valence-corrected chi connectivity index (χ3v) is 5.31. The van der Waals surface area contributed by atoms with Gasteiger partial charge in [0.1, 0.15) is 31.5 Å². The number of methoxy groups -OCH3 is 1. The summed E-state index contributed by atoms with van der Waals surface area (Å²) in [4.78, 5) is 1.41. The van der Waals surface area contributed by atoms with Crippen LogP contribution in [0.4, 0.5) is 0 Å². The van der Waals surface area contributed by atoms with Gasteiger partial charge in [-0.05, 0) is 42.0 Å². The maximum atomic E-state index is 10.8. The van der Waals surface area contributed by atoms with Crippen LogP contribution in [-0.4, -0.2) is 55.7 Å². The first kappa shape index (κ1) is 18.0. The number of para-hydroxylation sites is 1. The second-order valence-electron chi connectivity index (χ2n) is 7.15. The van der Waals surface area contributed by atoms with Gasteiger partial charge in [-0.2, -0.15) is 0 Å². The molecule has 1 saturated heterocycles. The van der Waals surface area contributed by atoms with E-state index in [1.165, 1.54) is 10.3 Å². The molecule has 0 aliphatic carbocycles. The summed E-state index contributed by atoms with van der Waals surface area (Å²) in [7, 11) is 1.68. The summed E-state index contributed by atoms with van der Waals surface area (Å²) < 4.78 is 12.9. The van der Waals surface area contributed by atoms with Gasteiger partial charge in [-0.25, -0.2) is 0 Å². The van der Waals surface area contributed by atoms with Gasteiger partial charge in [-0.3, -0.25) is 0 Å². The molecule has 2 heterocycles. The van der Waals surface area contributed by atoms with E-state index in [2.05, 4.69) is 47.0 Å². The lowest BCUT2D eigenvalue weighted by molar-refractivity contribution is -0.911. The van der Waals surface area contributed by atoms with Crippen LogP contribution < -0.4 is 9.64 Å². The number of nitrogens with zero attached hydrogens (tertiary/aromatic N) is 1. The van der Waals surface area contributed by atoms with Crippen molar-refractivity contribution in [2.75, 3.05) is 40.0 Å². The van der Waals surface area contributed by atoms with Crippen molar-refractivity contribution in [1.82, 2.24) is 4.57 Å². The number of ether oxygens (including phenoxy) is 2. The van der Waals surface area contributed by atoms with Gasteiger partial charge < -0.3 is 24.0 Å². The maximum Gasteiger partial charge on any atom is 0.121 e. The van der Waals surface area contributed by atoms with Gasteiger partial charge in [0.2, 0.25) is 0 Å². The Hall–Kier alpha value is -2.34. The van der Waals surface area contributed by atoms with E-state index in [9.17, 15) is 5.11 Å². The number of aliphatic hydroxyl groups is 1. The van der Waals surface area contributed by atoms with Crippen LogP contribution in [0.3, 0.4) is 0 Å². The highest BCUT2D eigenvalue weighted by atomic mass is 16.5. The molecule has 2 N–H and O–H groups in total. The first-order valence-corrected chi connectivity index (χ1v) is 9.56. The minimum atomic E-state index is -0.397. The van der Waals surface area contributed by atoms with Gasteiger partial charge in [0.25, 0.3) is 0 Å². The van der Waals surface area contributed by atoms with Crippen molar-refractivity contribution in [1.29, 1.82) is 0 Å². The summed E-state index contributed by atoms with van der Waals surface area (Å²) in [5.41, 5.74) is 3.40. The number of quaternary nitrogens is 1. The maximum absolute atomic E-state index is 10.8. The van der Waals surface area contributed by atoms with E-state index in [4.69, 9.17) is 9.47 Å². The van der Waals surface area contributed by atoms with Crippen molar-refractivity contribution in [3.05, 3.63) is 54.6 Å². The molecule has 4 rings (SSSR count). The minimum Gasteiger partial charge on any atom is -0.497 e. The summed E-state index contributed by atoms with van der Waals surface area (Å²) in [6.45, 7) is 4.83. The van der Waals surface area contributed by atoms with E-state index >= 15 is 0 Å². The van der Waals surface area contributed by atoms with Crippen molar-refractivity contribution >= 4 is 10.9 Å². The zero-order valence-electron chi connectivity index (χ0n) is 15.7. The first-order valence-electron chi connectivity index (χ1n) is 9.56. The van der Waals surface area contributed by atoms with Crippen LogP contribution >= 0.6 is 0 Å². The van der Waals surface area contributed by atoms with Gasteiger partial charge in [-0.1, -0.05) is 18.2 Å². The molecular formula is C22H27N2O3+. The Labute approximate surface area is 159 Å². The summed E-state index contributed by atoms with van der Waals surface area (Å²) >= 11 is 0. The normalized spacial score (nSPS) is 16.5. The molecule has 3 aromatic rings. The Morgan fingerprint density at radius 1 is 1.11 bits per heavy atom. The molecule has 5 nitrogen and oxygen atoms in total. The number of benzene rings is 2. The van der Waals surface area contributed by atoms with Crippen molar-refractivity contribution in [2.45, 2.75) is 12.6 Å². The lowest BCUT2D eigenvalue weighted by Crippen LogP contribution is -3.15. The summed E-state index contributed by atoms with van der Waals surface area (Å²) in [5, 5.41) is 12.0. The standard InChI is InChI=1S/C22H26N2O3/c1-26-20-8-6-17(7-9-20)22-14-18-4-2-3-5-21(18)24(22)16-19(25)15-23-10-12-27-13-11-23/h2-9,14,19,25H,10-13,15-16H2,1H3/p+1/t19-/m1/s1. The van der Waals surface area contributed by atoms with Crippen molar-refractivity contribution < 1.29 is 19.5 Å². The first-order chi connectivity index (χ1) is 13.2. The SMILES string of the molecule is COc1ccc(-c2cc3ccccc3n2C[C@H](O)C[NH+]2CCOCC2)cc1. The predicted octanol–water partition coefficient (Wildman–Crippen LogP) is 1.59. The van der Waals surface area contributed by atoms with Crippen LogP contribution in [0.5, 0.6) is 5.75 Å². The molecule has 0 bridgehead atoms. The molecule has 142 valence electrons. The Kier molecular flexibility index (Phi) is 5.43. The zero-order valence-corrected chi connectivity index (χ0v) is 15.7. The third kappa shape index (κ3) is 4.00. The van der Waals surface area contributed by atoms with Crippen LogP contribution in [0.2, 0.25) is 0 Å². The van der Waals surface area contributed by atoms with Gasteiger partial charge in [0.15, 0.2) is 0 Å². The fraction of sp³-hybridized carbons (Fsp3) is 0.364. The van der Waals surface area contributed by atoms with E-state index in [-0.39, 0.29) is 0 Å². The molecular weight excluding hydrogens is 340 g/mol. The highest BCUT2D eigenvalue weighted by Crippen LogP contribution is 2.29. The van der Waals surface area contributed by atoms with E-state index in [1.54, 1.807) is 7.11 Å². The summed E-state index contributed by atoms with van der Waals surface area (Å²) in [6.07, 6.45) is -0.397. The highest BCUT2D eigenvalue weighted by molar-refractivity contribution is 5.87. The van der Waals surface area contributed by atoms with Gasteiger partial charge in [0.05, 0.1) is 26.9 Å². The van der Waals surface area contributed by atoms with Crippen LogP contribution in [-0.2, 0) is 11.3 Å². The Bertz CT molecular complexity index is 882. The number of hydrogen-bond donors (Lipinski definition) is 2. The summed E-state index contributed by atoms with van der Waals surface area (Å²) in [5.74, 6) is 0.845. The lowest BCUT2D eigenvalue weighted by Gasteiger charge is -2.26. The number of fused-ring (bicyclic) bond motifs is 1. The molecule has 1 atom stereocenters. The van der Waals surface area contributed by atoms with E-state index in [0.717, 1.165) is 55.4 Å². The second kappa shape index (κ2) is 8.13. The minimum absolute atomic E-state index is 0.397.